The lowest BCUT2D eigenvalue weighted by atomic mass is 10.1. The van der Waals surface area contributed by atoms with Crippen LogP contribution in [0.15, 0.2) is 18.6 Å². The van der Waals surface area contributed by atoms with Gasteiger partial charge in [-0.05, 0) is 162 Å². The van der Waals surface area contributed by atoms with E-state index in [0.29, 0.717) is 37.3 Å². The molecule has 0 aromatic carbocycles. The number of H-pyrrole nitrogens is 2. The van der Waals surface area contributed by atoms with Gasteiger partial charge in [0.1, 0.15) is 46.4 Å². The monoisotopic (exact) mass is 1170 g/mol. The Morgan fingerprint density at radius 3 is 1.37 bits per heavy atom. The van der Waals surface area contributed by atoms with Crippen molar-refractivity contribution in [3.05, 3.63) is 33.9 Å². The number of hydrogen-bond donors (Lipinski definition) is 3. The summed E-state index contributed by atoms with van der Waals surface area (Å²) in [7, 11) is 1.68. The van der Waals surface area contributed by atoms with Crippen LogP contribution in [0.25, 0.3) is 0 Å². The van der Waals surface area contributed by atoms with Gasteiger partial charge in [0.05, 0.1) is 28.0 Å². The van der Waals surface area contributed by atoms with Gasteiger partial charge in [0.25, 0.3) is 0 Å². The molecule has 2 aromatic rings. The van der Waals surface area contributed by atoms with E-state index in [1.165, 1.54) is 9.80 Å². The number of aliphatic carboxylic acids is 1. The molecule has 0 unspecified atom stereocenters. The van der Waals surface area contributed by atoms with Crippen LogP contribution in [0.4, 0.5) is 19.2 Å². The number of methoxy groups -OCH3 is 1. The standard InChI is InChI=1S/C13H20IN3O2.C13H21N3O2.C11H19NO4.C11H19NO3.C3H8O.ClH/c1-8-5-9(11-15-6-10(14)16-11)17(7-8)12(18)19-13(2,3)4;1-9-7-10(11-14-5-6-15-11)16(8-9)12(17)18-13(2,3)4;1-7-5-8(9(13)14)12(6-7)10(15)16-11(2,3)4;1-8-5-9(7-13)12(6-8)10(14)15-11(2,3)4;1-3-4-2;/h6,8-9H,5,7H2,1-4H3,(H,15,16);5-6,9-10H,7-8H2,1-4H3,(H,14,15);7-8H,5-6H2,1-4H3,(H,13,14);7-9H,5-6H2,1-4H3;3H2,1-2H3;1H/t8-,9-;9-,10-;7-,8-;8-,9-;;/m0000../s1. The van der Waals surface area contributed by atoms with E-state index in [1.807, 2.05) is 83.1 Å². The highest BCUT2D eigenvalue weighted by atomic mass is 127. The molecule has 0 bridgehead atoms. The normalized spacial score (nSPS) is 23.7. The second-order valence-electron chi connectivity index (χ2n) is 23.2. The summed E-state index contributed by atoms with van der Waals surface area (Å²) in [5.74, 6) is 2.22. The number of aldehydes is 1. The quantitative estimate of drug-likeness (QED) is 0.143. The number of nitrogens with zero attached hydrogens (tertiary/aromatic N) is 6. The number of carboxylic acids is 1. The van der Waals surface area contributed by atoms with Gasteiger partial charge in [0.2, 0.25) is 0 Å². The third-order valence-electron chi connectivity index (χ3n) is 11.0. The molecule has 20 nitrogen and oxygen atoms in total. The van der Waals surface area contributed by atoms with Crippen LogP contribution in [0.3, 0.4) is 0 Å². The first-order valence-corrected chi connectivity index (χ1v) is 26.0. The summed E-state index contributed by atoms with van der Waals surface area (Å²) in [5.41, 5.74) is -2.02. The predicted molar refractivity (Wildman–Crippen MR) is 288 cm³/mol. The van der Waals surface area contributed by atoms with Crippen LogP contribution in [0, 0.1) is 27.4 Å². The van der Waals surface area contributed by atoms with Crippen molar-refractivity contribution in [1.82, 2.24) is 39.5 Å². The molecule has 3 N–H and O–H groups in total. The predicted octanol–water partition coefficient (Wildman–Crippen LogP) is 10.7. The molecule has 4 fully saturated rings. The zero-order chi connectivity index (χ0) is 55.1. The summed E-state index contributed by atoms with van der Waals surface area (Å²) >= 11 is 2.19. The van der Waals surface area contributed by atoms with Crippen molar-refractivity contribution in [2.45, 2.75) is 190 Å². The number of amides is 4. The zero-order valence-electron chi connectivity index (χ0n) is 46.7. The second kappa shape index (κ2) is 29.1. The molecule has 0 radical (unpaired) electrons. The largest absolute Gasteiger partial charge is 0.480 e. The topological polar surface area (TPSA) is 239 Å². The molecule has 0 spiro atoms. The average molecular weight is 1170 g/mol. The van der Waals surface area contributed by atoms with Crippen LogP contribution in [-0.2, 0) is 33.3 Å². The molecule has 2 aromatic heterocycles. The Morgan fingerprint density at radius 2 is 1.01 bits per heavy atom. The Hall–Kier alpha value is -4.38. The van der Waals surface area contributed by atoms with Gasteiger partial charge >= 0.3 is 30.3 Å². The van der Waals surface area contributed by atoms with Crippen LogP contribution in [0.5, 0.6) is 0 Å². The average Bonchev–Trinajstić information content (AvgIpc) is 4.09. The third kappa shape index (κ3) is 23.8. The number of halogens is 2. The minimum Gasteiger partial charge on any atom is -0.480 e. The Balaban J connectivity index is 0.000000474. The van der Waals surface area contributed by atoms with Crippen molar-refractivity contribution in [3.63, 3.8) is 0 Å². The van der Waals surface area contributed by atoms with Gasteiger partial charge in [0, 0.05) is 52.3 Å². The van der Waals surface area contributed by atoms with Crippen molar-refractivity contribution in [2.75, 3.05) is 39.9 Å². The highest BCUT2D eigenvalue weighted by Gasteiger charge is 2.41. The summed E-state index contributed by atoms with van der Waals surface area (Å²) in [5, 5.41) is 9.00. The third-order valence-corrected chi connectivity index (χ3v) is 11.6. The number of rotatable bonds is 5. The van der Waals surface area contributed by atoms with Crippen LogP contribution in [-0.4, -0.2) is 156 Å². The second-order valence-corrected chi connectivity index (χ2v) is 24.3. The molecule has 4 aliphatic rings. The number of aromatic amines is 2. The first-order chi connectivity index (χ1) is 33.1. The van der Waals surface area contributed by atoms with E-state index in [1.54, 1.807) is 56.3 Å². The lowest BCUT2D eigenvalue weighted by molar-refractivity contribution is -0.142. The van der Waals surface area contributed by atoms with Gasteiger partial charge < -0.3 is 43.6 Å². The maximum atomic E-state index is 12.3. The van der Waals surface area contributed by atoms with Gasteiger partial charge in [-0.3, -0.25) is 19.6 Å². The van der Waals surface area contributed by atoms with Crippen LogP contribution in [0.2, 0.25) is 0 Å². The molecule has 4 aliphatic heterocycles. The maximum absolute atomic E-state index is 12.3. The molecule has 6 heterocycles. The van der Waals surface area contributed by atoms with E-state index in [9.17, 15) is 28.8 Å². The SMILES string of the molecule is CCOC.C[C@H]1C[C@@H](C(=O)O)N(C(=O)OC(C)(C)C)C1.C[C@H]1C[C@@H](C=O)N(C(=O)OC(C)(C)C)C1.C[C@H]1C[C@@H](c2ncc(I)[nH]2)N(C(=O)OC(C)(C)C)C1.C[C@H]1C[C@@H](c2ncc[nH]2)N(C(=O)OC(C)(C)C)C1.Cl. The van der Waals surface area contributed by atoms with E-state index < -0.39 is 40.5 Å². The van der Waals surface area contributed by atoms with Crippen molar-refractivity contribution in [1.29, 1.82) is 0 Å². The van der Waals surface area contributed by atoms with Crippen LogP contribution in [0.1, 0.15) is 167 Å². The Bertz CT molecular complexity index is 2030. The van der Waals surface area contributed by atoms with Crippen LogP contribution < -0.4 is 0 Å². The summed E-state index contributed by atoms with van der Waals surface area (Å²) in [6.07, 6.45) is 7.75. The lowest BCUT2D eigenvalue weighted by Gasteiger charge is -2.27. The summed E-state index contributed by atoms with van der Waals surface area (Å²) < 4.78 is 26.8. The number of imidazole rings is 2. The Labute approximate surface area is 454 Å². The van der Waals surface area contributed by atoms with Crippen molar-refractivity contribution >= 4 is 71.6 Å². The molecule has 0 aliphatic carbocycles. The van der Waals surface area contributed by atoms with Crippen molar-refractivity contribution < 1.29 is 57.6 Å². The molecule has 22 heteroatoms. The number of carbonyl (C=O) groups excluding carboxylic acids is 5. The number of aromatic nitrogens is 4. The smallest absolute Gasteiger partial charge is 0.411 e. The molecular weight excluding hydrogens is 1080 g/mol. The van der Waals surface area contributed by atoms with E-state index in [0.717, 1.165) is 60.6 Å². The van der Waals surface area contributed by atoms with Gasteiger partial charge in [-0.15, -0.1) is 12.4 Å². The molecule has 418 valence electrons. The molecular formula is C51H88ClIN8O12. The van der Waals surface area contributed by atoms with Crippen LogP contribution >= 0.6 is 35.0 Å². The molecule has 6 rings (SSSR count). The number of hydrogen-bond acceptors (Lipinski definition) is 13. The summed E-state index contributed by atoms with van der Waals surface area (Å²) in [6, 6.07) is -1.06. The first kappa shape index (κ1) is 66.6. The Morgan fingerprint density at radius 1 is 0.644 bits per heavy atom. The molecule has 8 atom stereocenters. The fourth-order valence-corrected chi connectivity index (χ4v) is 8.56. The minimum atomic E-state index is -0.963. The number of carboxylic acid groups (broad SMARTS) is 1. The number of ether oxygens (including phenoxy) is 5. The zero-order valence-corrected chi connectivity index (χ0v) is 49.7. The van der Waals surface area contributed by atoms with Gasteiger partial charge in [-0.25, -0.2) is 33.9 Å². The number of nitrogens with one attached hydrogen (secondary N) is 2. The summed E-state index contributed by atoms with van der Waals surface area (Å²) in [6.45, 7) is 35.6. The van der Waals surface area contributed by atoms with Crippen molar-refractivity contribution in [2.24, 2.45) is 23.7 Å². The maximum Gasteiger partial charge on any atom is 0.411 e. The van der Waals surface area contributed by atoms with Gasteiger partial charge in [-0.2, -0.15) is 0 Å². The first-order valence-electron chi connectivity index (χ1n) is 24.9. The highest BCUT2D eigenvalue weighted by molar-refractivity contribution is 14.1. The molecule has 73 heavy (non-hydrogen) atoms. The highest BCUT2D eigenvalue weighted by Crippen LogP contribution is 2.36. The fourth-order valence-electron chi connectivity index (χ4n) is 8.14. The van der Waals surface area contributed by atoms with E-state index in [2.05, 4.69) is 61.1 Å². The summed E-state index contributed by atoms with van der Waals surface area (Å²) in [4.78, 5) is 91.0. The molecule has 0 saturated carbocycles. The van der Waals surface area contributed by atoms with E-state index in [4.69, 9.17) is 24.1 Å². The van der Waals surface area contributed by atoms with E-state index >= 15 is 0 Å². The molecule has 4 amide bonds. The molecule has 4 saturated heterocycles. The van der Waals surface area contributed by atoms with Gasteiger partial charge in [0.15, 0.2) is 0 Å². The Kier molecular flexibility index (Phi) is 26.5. The van der Waals surface area contributed by atoms with Crippen molar-refractivity contribution in [3.8, 4) is 0 Å². The van der Waals surface area contributed by atoms with E-state index in [-0.39, 0.29) is 54.7 Å². The lowest BCUT2D eigenvalue weighted by Crippen LogP contribution is -2.43. The number of likely N-dealkylation sites (tertiary alicyclic amines) is 4. The fraction of sp³-hybridized carbons (Fsp3) is 0.765. The van der Waals surface area contributed by atoms with Gasteiger partial charge in [-0.1, -0.05) is 27.7 Å². The number of carbonyl (C=O) groups is 6. The minimum absolute atomic E-state index is 0.